The molecular formula is C12H20N2O2S. The van der Waals surface area contributed by atoms with Gasteiger partial charge in [0, 0.05) is 18.3 Å². The van der Waals surface area contributed by atoms with Crippen molar-refractivity contribution in [3.8, 4) is 0 Å². The summed E-state index contributed by atoms with van der Waals surface area (Å²) in [6, 6.07) is 0.307. The van der Waals surface area contributed by atoms with E-state index < -0.39 is 0 Å². The molecule has 0 radical (unpaired) electrons. The molecule has 0 aromatic rings. The molecule has 1 saturated heterocycles. The van der Waals surface area contributed by atoms with Gasteiger partial charge in [-0.3, -0.25) is 9.59 Å². The predicted molar refractivity (Wildman–Crippen MR) is 69.0 cm³/mol. The van der Waals surface area contributed by atoms with Crippen LogP contribution in [0.15, 0.2) is 0 Å². The Bertz CT molecular complexity index is 309. The van der Waals surface area contributed by atoms with Crippen molar-refractivity contribution in [3.05, 3.63) is 0 Å². The second-order valence-corrected chi connectivity index (χ2v) is 6.02. The molecule has 2 amide bonds. The fourth-order valence-corrected chi connectivity index (χ4v) is 3.35. The number of hydrogen-bond donors (Lipinski definition) is 1. The summed E-state index contributed by atoms with van der Waals surface area (Å²) in [7, 11) is 0. The van der Waals surface area contributed by atoms with Gasteiger partial charge in [-0.25, -0.2) is 0 Å². The van der Waals surface area contributed by atoms with Gasteiger partial charge < -0.3 is 10.2 Å². The van der Waals surface area contributed by atoms with Gasteiger partial charge in [0.1, 0.15) is 6.54 Å². The summed E-state index contributed by atoms with van der Waals surface area (Å²) in [5, 5.41) is 3.11. The molecule has 2 atom stereocenters. The Morgan fingerprint density at radius 2 is 2.24 bits per heavy atom. The Balaban J connectivity index is 1.78. The monoisotopic (exact) mass is 256 g/mol. The number of nitrogens with zero attached hydrogens (tertiary/aromatic N) is 1. The smallest absolute Gasteiger partial charge is 0.282 e. The number of nitrogens with one attached hydrogen (secondary N) is 1. The van der Waals surface area contributed by atoms with Gasteiger partial charge in [-0.05, 0) is 18.8 Å². The van der Waals surface area contributed by atoms with Gasteiger partial charge >= 0.3 is 0 Å². The number of carbonyl (C=O) groups excluding carboxylic acids is 2. The van der Waals surface area contributed by atoms with Gasteiger partial charge in [-0.15, -0.1) is 0 Å². The first-order valence-electron chi connectivity index (χ1n) is 6.38. The van der Waals surface area contributed by atoms with E-state index in [0.29, 0.717) is 18.5 Å². The lowest BCUT2D eigenvalue weighted by atomic mass is 9.86. The van der Waals surface area contributed by atoms with Crippen LogP contribution in [0.5, 0.6) is 0 Å². The van der Waals surface area contributed by atoms with E-state index >= 15 is 0 Å². The van der Waals surface area contributed by atoms with Crippen LogP contribution in [-0.2, 0) is 4.79 Å². The maximum atomic E-state index is 11.8. The number of rotatable bonds is 3. The van der Waals surface area contributed by atoms with Gasteiger partial charge in [0.2, 0.25) is 5.91 Å². The van der Waals surface area contributed by atoms with E-state index in [1.165, 1.54) is 31.0 Å². The molecule has 1 N–H and O–H groups in total. The van der Waals surface area contributed by atoms with Crippen LogP contribution in [0.1, 0.15) is 32.6 Å². The highest BCUT2D eigenvalue weighted by Crippen LogP contribution is 2.23. The molecule has 0 aromatic carbocycles. The molecule has 0 aromatic heterocycles. The average Bonchev–Trinajstić information content (AvgIpc) is 2.68. The van der Waals surface area contributed by atoms with Crippen molar-refractivity contribution in [1.82, 2.24) is 10.2 Å². The quantitative estimate of drug-likeness (QED) is 0.838. The molecule has 96 valence electrons. The Kier molecular flexibility index (Phi) is 4.31. The summed E-state index contributed by atoms with van der Waals surface area (Å²) >= 11 is 1.30. The topological polar surface area (TPSA) is 49.4 Å². The van der Waals surface area contributed by atoms with E-state index in [9.17, 15) is 9.59 Å². The first kappa shape index (κ1) is 12.7. The van der Waals surface area contributed by atoms with Crippen LogP contribution in [0, 0.1) is 5.92 Å². The summed E-state index contributed by atoms with van der Waals surface area (Å²) in [5.74, 6) is 1.38. The van der Waals surface area contributed by atoms with Crippen molar-refractivity contribution in [1.29, 1.82) is 0 Å². The fraction of sp³-hybridized carbons (Fsp3) is 0.833. The highest BCUT2D eigenvalue weighted by atomic mass is 32.2. The lowest BCUT2D eigenvalue weighted by Crippen LogP contribution is -2.45. The Labute approximate surface area is 106 Å². The number of hydrogen-bond acceptors (Lipinski definition) is 3. The molecule has 1 aliphatic carbocycles. The van der Waals surface area contributed by atoms with Crippen LogP contribution in [0.3, 0.4) is 0 Å². The summed E-state index contributed by atoms with van der Waals surface area (Å²) < 4.78 is 0. The van der Waals surface area contributed by atoms with Crippen molar-refractivity contribution in [2.75, 3.05) is 18.8 Å². The molecule has 1 aliphatic heterocycles. The van der Waals surface area contributed by atoms with Gasteiger partial charge in [0.15, 0.2) is 0 Å². The Morgan fingerprint density at radius 1 is 1.47 bits per heavy atom. The minimum absolute atomic E-state index is 0.000370. The first-order chi connectivity index (χ1) is 8.16. The lowest BCUT2D eigenvalue weighted by molar-refractivity contribution is -0.122. The van der Waals surface area contributed by atoms with E-state index in [0.717, 1.165) is 12.2 Å². The van der Waals surface area contributed by atoms with Crippen LogP contribution in [-0.4, -0.2) is 40.9 Å². The molecule has 0 spiro atoms. The second kappa shape index (κ2) is 5.76. The van der Waals surface area contributed by atoms with Gasteiger partial charge in [-0.1, -0.05) is 31.5 Å². The highest BCUT2D eigenvalue weighted by Gasteiger charge is 2.26. The Hall–Kier alpha value is -0.710. The van der Waals surface area contributed by atoms with E-state index in [-0.39, 0.29) is 17.7 Å². The minimum atomic E-state index is -0.000370. The molecule has 4 nitrogen and oxygen atoms in total. The molecule has 17 heavy (non-hydrogen) atoms. The predicted octanol–water partition coefficient (Wildman–Crippen LogP) is 1.85. The van der Waals surface area contributed by atoms with Crippen LogP contribution in [0.2, 0.25) is 0 Å². The summed E-state index contributed by atoms with van der Waals surface area (Å²) in [6.07, 6.45) is 4.75. The van der Waals surface area contributed by atoms with E-state index in [1.807, 2.05) is 0 Å². The fourth-order valence-electron chi connectivity index (χ4n) is 2.53. The molecule has 2 aliphatic rings. The summed E-state index contributed by atoms with van der Waals surface area (Å²) in [5.41, 5.74) is 0. The van der Waals surface area contributed by atoms with Crippen LogP contribution < -0.4 is 5.32 Å². The maximum absolute atomic E-state index is 11.8. The van der Waals surface area contributed by atoms with Crippen LogP contribution >= 0.6 is 11.8 Å². The zero-order valence-electron chi connectivity index (χ0n) is 10.3. The zero-order valence-corrected chi connectivity index (χ0v) is 11.1. The van der Waals surface area contributed by atoms with E-state index in [2.05, 4.69) is 12.2 Å². The summed E-state index contributed by atoms with van der Waals surface area (Å²) in [6.45, 7) is 3.13. The second-order valence-electron chi connectivity index (χ2n) is 4.97. The average molecular weight is 256 g/mol. The van der Waals surface area contributed by atoms with Gasteiger partial charge in [0.25, 0.3) is 5.24 Å². The lowest BCUT2D eigenvalue weighted by Gasteiger charge is -2.30. The molecule has 0 bridgehead atoms. The zero-order chi connectivity index (χ0) is 12.3. The Morgan fingerprint density at radius 3 is 2.88 bits per heavy atom. The number of amides is 2. The third-order valence-corrected chi connectivity index (χ3v) is 4.53. The van der Waals surface area contributed by atoms with Gasteiger partial charge in [-0.2, -0.15) is 0 Å². The van der Waals surface area contributed by atoms with Crippen molar-refractivity contribution in [3.63, 3.8) is 0 Å². The molecule has 1 heterocycles. The van der Waals surface area contributed by atoms with Crippen molar-refractivity contribution in [2.24, 2.45) is 5.92 Å². The van der Waals surface area contributed by atoms with Crippen LogP contribution in [0.25, 0.3) is 0 Å². The first-order valence-corrected chi connectivity index (χ1v) is 7.36. The van der Waals surface area contributed by atoms with Crippen LogP contribution in [0.4, 0.5) is 4.79 Å². The molecule has 2 rings (SSSR count). The van der Waals surface area contributed by atoms with Crippen molar-refractivity contribution >= 4 is 22.9 Å². The van der Waals surface area contributed by atoms with Crippen molar-refractivity contribution in [2.45, 2.75) is 38.6 Å². The minimum Gasteiger partial charge on any atom is -0.352 e. The maximum Gasteiger partial charge on any atom is 0.282 e. The molecule has 2 fully saturated rings. The largest absolute Gasteiger partial charge is 0.352 e. The standard InChI is InChI=1S/C12H20N2O2S/c1-9-4-2-3-5-10(9)13-11(15)8-14-6-7-17-12(14)16/h9-10H,2-8H2,1H3,(H,13,15)/t9-,10+/m0/s1. The summed E-state index contributed by atoms with van der Waals surface area (Å²) in [4.78, 5) is 24.9. The third-order valence-electron chi connectivity index (χ3n) is 3.64. The number of thioether (sulfide) groups is 1. The molecule has 0 unspecified atom stereocenters. The normalized spacial score (nSPS) is 29.5. The van der Waals surface area contributed by atoms with Crippen molar-refractivity contribution < 1.29 is 9.59 Å². The molecular weight excluding hydrogens is 236 g/mol. The van der Waals surface area contributed by atoms with E-state index in [1.54, 1.807) is 4.90 Å². The molecule has 1 saturated carbocycles. The van der Waals surface area contributed by atoms with E-state index in [4.69, 9.17) is 0 Å². The van der Waals surface area contributed by atoms with Gasteiger partial charge in [0.05, 0.1) is 0 Å². The number of carbonyl (C=O) groups is 2. The third kappa shape index (κ3) is 3.37. The highest BCUT2D eigenvalue weighted by molar-refractivity contribution is 8.13. The SMILES string of the molecule is C[C@H]1CCCC[C@H]1NC(=O)CN1CCSC1=O. The molecule has 5 heteroatoms.